The predicted molar refractivity (Wildman–Crippen MR) is 105 cm³/mol. The molecule has 7 heteroatoms. The summed E-state index contributed by atoms with van der Waals surface area (Å²) in [5.74, 6) is -1.63. The quantitative estimate of drug-likeness (QED) is 0.812. The zero-order valence-corrected chi connectivity index (χ0v) is 16.6. The van der Waals surface area contributed by atoms with Crippen LogP contribution in [0.25, 0.3) is 0 Å². The average molecular weight is 382 g/mol. The highest BCUT2D eigenvalue weighted by atomic mass is 32.2. The van der Waals surface area contributed by atoms with Crippen molar-refractivity contribution in [1.82, 2.24) is 5.32 Å². The van der Waals surface area contributed by atoms with Crippen LogP contribution in [0.3, 0.4) is 0 Å². The minimum Gasteiger partial charge on any atom is -0.325 e. The maximum absolute atomic E-state index is 12.5. The van der Waals surface area contributed by atoms with E-state index in [9.17, 15) is 20.1 Å². The van der Waals surface area contributed by atoms with E-state index in [1.807, 2.05) is 30.3 Å². The summed E-state index contributed by atoms with van der Waals surface area (Å²) in [5.41, 5.74) is 1.26. The molecule has 0 aliphatic carbocycles. The van der Waals surface area contributed by atoms with Crippen LogP contribution < -0.4 is 10.6 Å². The number of nitrogens with one attached hydrogen (secondary N) is 2. The van der Waals surface area contributed by atoms with Crippen LogP contribution in [0.5, 0.6) is 0 Å². The lowest BCUT2D eigenvalue weighted by molar-refractivity contribution is -0.125. The molecule has 27 heavy (non-hydrogen) atoms. The molecular formula is C20H22N4O2S. The summed E-state index contributed by atoms with van der Waals surface area (Å²) in [6, 6.07) is 11.7. The van der Waals surface area contributed by atoms with Gasteiger partial charge in [0.15, 0.2) is 0 Å². The SMILES string of the molecule is CCc1ccc(NC(=O)[C@@H](C)SC2=C(C#N)C(C)(C)[C@H](C#N)C(=O)N2)cc1. The van der Waals surface area contributed by atoms with Gasteiger partial charge in [0.25, 0.3) is 0 Å². The first kappa shape index (κ1) is 20.5. The Morgan fingerprint density at radius 2 is 1.96 bits per heavy atom. The molecular weight excluding hydrogens is 360 g/mol. The van der Waals surface area contributed by atoms with Crippen molar-refractivity contribution in [2.75, 3.05) is 5.32 Å². The third kappa shape index (κ3) is 4.32. The molecule has 0 saturated heterocycles. The maximum atomic E-state index is 12.5. The van der Waals surface area contributed by atoms with E-state index in [1.165, 1.54) is 5.56 Å². The van der Waals surface area contributed by atoms with Gasteiger partial charge in [-0.1, -0.05) is 44.7 Å². The number of hydrogen-bond donors (Lipinski definition) is 2. The molecule has 1 aliphatic heterocycles. The number of carbonyl (C=O) groups is 2. The number of benzene rings is 1. The Kier molecular flexibility index (Phi) is 6.30. The first-order valence-electron chi connectivity index (χ1n) is 8.66. The highest BCUT2D eigenvalue weighted by Crippen LogP contribution is 2.42. The first-order valence-corrected chi connectivity index (χ1v) is 9.54. The lowest BCUT2D eigenvalue weighted by Crippen LogP contribution is -2.45. The molecule has 0 radical (unpaired) electrons. The molecule has 1 aromatic carbocycles. The summed E-state index contributed by atoms with van der Waals surface area (Å²) in [6.45, 7) is 7.15. The van der Waals surface area contributed by atoms with E-state index in [1.54, 1.807) is 20.8 Å². The zero-order valence-electron chi connectivity index (χ0n) is 15.8. The van der Waals surface area contributed by atoms with Gasteiger partial charge in [0.1, 0.15) is 5.92 Å². The Balaban J connectivity index is 2.17. The molecule has 0 fully saturated rings. The molecule has 0 saturated carbocycles. The Labute approximate surface area is 163 Å². The van der Waals surface area contributed by atoms with Gasteiger partial charge < -0.3 is 10.6 Å². The summed E-state index contributed by atoms with van der Waals surface area (Å²) >= 11 is 1.11. The fourth-order valence-electron chi connectivity index (χ4n) is 2.81. The summed E-state index contributed by atoms with van der Waals surface area (Å²) in [7, 11) is 0. The number of nitrogens with zero attached hydrogens (tertiary/aromatic N) is 2. The second-order valence-electron chi connectivity index (χ2n) is 6.89. The lowest BCUT2D eigenvalue weighted by Gasteiger charge is -2.35. The van der Waals surface area contributed by atoms with Crippen molar-refractivity contribution in [2.24, 2.45) is 11.3 Å². The van der Waals surface area contributed by atoms with Crippen LogP contribution >= 0.6 is 11.8 Å². The molecule has 0 bridgehead atoms. The number of anilines is 1. The second kappa shape index (κ2) is 8.28. The molecule has 2 N–H and O–H groups in total. The van der Waals surface area contributed by atoms with Crippen LogP contribution in [0.4, 0.5) is 5.69 Å². The second-order valence-corrected chi connectivity index (χ2v) is 8.24. The van der Waals surface area contributed by atoms with Gasteiger partial charge in [-0.25, -0.2) is 0 Å². The number of hydrogen-bond acceptors (Lipinski definition) is 5. The van der Waals surface area contributed by atoms with Crippen molar-refractivity contribution in [3.8, 4) is 12.1 Å². The molecule has 1 aliphatic rings. The van der Waals surface area contributed by atoms with Gasteiger partial charge in [0, 0.05) is 11.1 Å². The highest BCUT2D eigenvalue weighted by molar-refractivity contribution is 8.04. The first-order chi connectivity index (χ1) is 12.7. The van der Waals surface area contributed by atoms with Crippen molar-refractivity contribution in [3.63, 3.8) is 0 Å². The van der Waals surface area contributed by atoms with E-state index >= 15 is 0 Å². The maximum Gasteiger partial charge on any atom is 0.243 e. The number of thioether (sulfide) groups is 1. The molecule has 0 spiro atoms. The van der Waals surface area contributed by atoms with E-state index < -0.39 is 22.5 Å². The fraction of sp³-hybridized carbons (Fsp3) is 0.400. The van der Waals surface area contributed by atoms with Crippen LogP contribution in [0.2, 0.25) is 0 Å². The van der Waals surface area contributed by atoms with E-state index in [2.05, 4.69) is 23.6 Å². The van der Waals surface area contributed by atoms with Gasteiger partial charge >= 0.3 is 0 Å². The summed E-state index contributed by atoms with van der Waals surface area (Å²) in [5, 5.41) is 24.1. The third-order valence-electron chi connectivity index (χ3n) is 4.63. The number of amides is 2. The number of nitriles is 2. The molecule has 140 valence electrons. The smallest absolute Gasteiger partial charge is 0.243 e. The molecule has 2 atom stereocenters. The predicted octanol–water partition coefficient (Wildman–Crippen LogP) is 3.34. The summed E-state index contributed by atoms with van der Waals surface area (Å²) in [4.78, 5) is 24.7. The van der Waals surface area contributed by atoms with Crippen LogP contribution in [0.1, 0.15) is 33.3 Å². The van der Waals surface area contributed by atoms with E-state index in [-0.39, 0.29) is 5.91 Å². The standard InChI is InChI=1S/C20H22N4O2S/c1-5-13-6-8-14(9-7-13)23-17(25)12(2)27-19-16(11-22)20(3,4)15(10-21)18(26)24-19/h6-9,12,15H,5H2,1-4H3,(H,23,25)(H,24,26)/t12-,15-/m1/s1. The molecule has 2 rings (SSSR count). The Morgan fingerprint density at radius 3 is 2.48 bits per heavy atom. The van der Waals surface area contributed by atoms with Crippen LogP contribution in [-0.2, 0) is 16.0 Å². The number of aryl methyl sites for hydroxylation is 1. The van der Waals surface area contributed by atoms with Gasteiger partial charge in [-0.15, -0.1) is 0 Å². The van der Waals surface area contributed by atoms with Crippen molar-refractivity contribution in [2.45, 2.75) is 39.4 Å². The number of carbonyl (C=O) groups excluding carboxylic acids is 2. The van der Waals surface area contributed by atoms with E-state index in [4.69, 9.17) is 0 Å². The van der Waals surface area contributed by atoms with Crippen LogP contribution in [0.15, 0.2) is 34.9 Å². The zero-order chi connectivity index (χ0) is 20.2. The topological polar surface area (TPSA) is 106 Å². The number of allylic oxidation sites excluding steroid dienone is 1. The minimum absolute atomic E-state index is 0.233. The van der Waals surface area contributed by atoms with Crippen molar-refractivity contribution < 1.29 is 9.59 Å². The normalized spacial score (nSPS) is 19.5. The molecule has 0 unspecified atom stereocenters. The molecule has 1 heterocycles. The van der Waals surface area contributed by atoms with Crippen molar-refractivity contribution in [3.05, 3.63) is 40.4 Å². The largest absolute Gasteiger partial charge is 0.325 e. The van der Waals surface area contributed by atoms with Gasteiger partial charge in [-0.2, -0.15) is 10.5 Å². The minimum atomic E-state index is -0.947. The molecule has 6 nitrogen and oxygen atoms in total. The Morgan fingerprint density at radius 1 is 1.33 bits per heavy atom. The average Bonchev–Trinajstić information content (AvgIpc) is 2.62. The van der Waals surface area contributed by atoms with Crippen molar-refractivity contribution in [1.29, 1.82) is 10.5 Å². The Bertz CT molecular complexity index is 859. The van der Waals surface area contributed by atoms with E-state index in [0.717, 1.165) is 18.2 Å². The fourth-order valence-corrected chi connectivity index (χ4v) is 3.92. The molecule has 0 aromatic heterocycles. The monoisotopic (exact) mass is 382 g/mol. The number of rotatable bonds is 5. The Hall–Kier alpha value is -2.77. The van der Waals surface area contributed by atoms with Gasteiger partial charge in [-0.3, -0.25) is 9.59 Å². The summed E-state index contributed by atoms with van der Waals surface area (Å²) in [6.07, 6.45) is 0.921. The van der Waals surface area contributed by atoms with E-state index in [0.29, 0.717) is 16.3 Å². The van der Waals surface area contributed by atoms with Crippen molar-refractivity contribution >= 4 is 29.3 Å². The molecule has 2 amide bonds. The third-order valence-corrected chi connectivity index (χ3v) is 5.74. The van der Waals surface area contributed by atoms with Gasteiger partial charge in [0.2, 0.25) is 11.8 Å². The van der Waals surface area contributed by atoms with Gasteiger partial charge in [-0.05, 0) is 31.0 Å². The van der Waals surface area contributed by atoms with Crippen LogP contribution in [0, 0.1) is 34.0 Å². The summed E-state index contributed by atoms with van der Waals surface area (Å²) < 4.78 is 0. The lowest BCUT2D eigenvalue weighted by atomic mass is 9.72. The van der Waals surface area contributed by atoms with Gasteiger partial charge in [0.05, 0.1) is 28.0 Å². The highest BCUT2D eigenvalue weighted by Gasteiger charge is 2.45. The molecule has 1 aromatic rings. The van der Waals surface area contributed by atoms with Crippen LogP contribution in [-0.4, -0.2) is 17.1 Å².